The lowest BCUT2D eigenvalue weighted by Crippen LogP contribution is -2.36. The second-order valence-corrected chi connectivity index (χ2v) is 4.45. The molecule has 1 unspecified atom stereocenters. The molecule has 0 radical (unpaired) electrons. The summed E-state index contributed by atoms with van der Waals surface area (Å²) in [5.74, 6) is 0. The van der Waals surface area contributed by atoms with Gasteiger partial charge in [-0.1, -0.05) is 0 Å². The fraction of sp³-hybridized carbons (Fsp3) is 0.778. The van der Waals surface area contributed by atoms with Crippen LogP contribution in [0.4, 0.5) is 0 Å². The van der Waals surface area contributed by atoms with E-state index in [4.69, 9.17) is 12.2 Å². The van der Waals surface area contributed by atoms with E-state index in [1.54, 1.807) is 4.57 Å². The lowest BCUT2D eigenvalue weighted by Gasteiger charge is -2.23. The highest BCUT2D eigenvalue weighted by atomic mass is 32.1. The van der Waals surface area contributed by atoms with Gasteiger partial charge in [0.15, 0.2) is 4.77 Å². The molecule has 1 fully saturated rings. The average molecular weight is 228 g/mol. The van der Waals surface area contributed by atoms with Crippen molar-refractivity contribution in [3.05, 3.63) is 15.3 Å². The van der Waals surface area contributed by atoms with Crippen LogP contribution in [0, 0.1) is 4.77 Å². The van der Waals surface area contributed by atoms with Gasteiger partial charge >= 0.3 is 5.69 Å². The molecule has 1 atom stereocenters. The molecule has 2 N–H and O–H groups in total. The van der Waals surface area contributed by atoms with Crippen molar-refractivity contribution in [2.45, 2.75) is 32.4 Å². The molecule has 1 aromatic heterocycles. The zero-order chi connectivity index (χ0) is 10.8. The Kier molecular flexibility index (Phi) is 3.06. The Morgan fingerprint density at radius 3 is 2.60 bits per heavy atom. The number of aromatic nitrogens is 3. The summed E-state index contributed by atoms with van der Waals surface area (Å²) in [5.41, 5.74) is -0.147. The van der Waals surface area contributed by atoms with Crippen molar-refractivity contribution in [3.8, 4) is 0 Å². The maximum absolute atomic E-state index is 11.4. The van der Waals surface area contributed by atoms with Crippen LogP contribution in [-0.4, -0.2) is 38.8 Å². The van der Waals surface area contributed by atoms with Crippen molar-refractivity contribution in [2.75, 3.05) is 13.1 Å². The molecule has 0 saturated carbocycles. The highest BCUT2D eigenvalue weighted by Crippen LogP contribution is 2.12. The van der Waals surface area contributed by atoms with Crippen LogP contribution >= 0.6 is 12.2 Å². The van der Waals surface area contributed by atoms with Crippen LogP contribution in [0.25, 0.3) is 0 Å². The van der Waals surface area contributed by atoms with E-state index in [2.05, 4.69) is 22.0 Å². The van der Waals surface area contributed by atoms with Crippen molar-refractivity contribution < 1.29 is 0 Å². The van der Waals surface area contributed by atoms with Crippen LogP contribution in [0.3, 0.4) is 0 Å². The summed E-state index contributed by atoms with van der Waals surface area (Å²) in [4.78, 5) is 13.8. The maximum Gasteiger partial charge on any atom is 0.342 e. The summed E-state index contributed by atoms with van der Waals surface area (Å²) in [5, 5.41) is 5.15. The first-order valence-corrected chi connectivity index (χ1v) is 5.71. The molecule has 5 nitrogen and oxygen atoms in total. The topological polar surface area (TPSA) is 56.8 Å². The first-order valence-electron chi connectivity index (χ1n) is 5.30. The number of H-pyrrole nitrogens is 2. The Labute approximate surface area is 93.1 Å². The summed E-state index contributed by atoms with van der Waals surface area (Å²) in [6, 6.07) is 0.371. The summed E-state index contributed by atoms with van der Waals surface area (Å²) >= 11 is 5.02. The number of rotatable bonds is 3. The Hall–Kier alpha value is -0.880. The molecule has 2 rings (SSSR count). The second kappa shape index (κ2) is 4.32. The summed E-state index contributed by atoms with van der Waals surface area (Å²) < 4.78 is 2.06. The van der Waals surface area contributed by atoms with Gasteiger partial charge in [0.25, 0.3) is 0 Å². The molecule has 1 saturated heterocycles. The largest absolute Gasteiger partial charge is 0.342 e. The minimum atomic E-state index is -0.147. The van der Waals surface area contributed by atoms with Crippen molar-refractivity contribution in [1.29, 1.82) is 0 Å². The smallest absolute Gasteiger partial charge is 0.299 e. The number of hydrogen-bond acceptors (Lipinski definition) is 3. The highest BCUT2D eigenvalue weighted by Gasteiger charge is 2.19. The van der Waals surface area contributed by atoms with Gasteiger partial charge in [0.1, 0.15) is 0 Å². The maximum atomic E-state index is 11.4. The third-order valence-corrected chi connectivity index (χ3v) is 3.30. The molecule has 0 aliphatic carbocycles. The molecule has 15 heavy (non-hydrogen) atoms. The van der Waals surface area contributed by atoms with Crippen molar-refractivity contribution in [1.82, 2.24) is 19.7 Å². The highest BCUT2D eigenvalue weighted by molar-refractivity contribution is 7.71. The molecule has 0 aromatic carbocycles. The molecule has 1 aliphatic rings. The van der Waals surface area contributed by atoms with Gasteiger partial charge in [-0.2, -0.15) is 0 Å². The quantitative estimate of drug-likeness (QED) is 0.749. The minimum absolute atomic E-state index is 0.147. The number of likely N-dealkylation sites (tertiary alicyclic amines) is 1. The molecular formula is C9H16N4OS. The molecule has 0 amide bonds. The molecule has 84 valence electrons. The Morgan fingerprint density at radius 1 is 1.40 bits per heavy atom. The van der Waals surface area contributed by atoms with Crippen LogP contribution in [0.15, 0.2) is 4.79 Å². The van der Waals surface area contributed by atoms with E-state index in [1.165, 1.54) is 12.8 Å². The van der Waals surface area contributed by atoms with Crippen molar-refractivity contribution >= 4 is 12.2 Å². The number of aromatic amines is 2. The Morgan fingerprint density at radius 2 is 2.07 bits per heavy atom. The van der Waals surface area contributed by atoms with E-state index in [1.807, 2.05) is 0 Å². The van der Waals surface area contributed by atoms with E-state index in [0.29, 0.717) is 17.4 Å². The number of nitrogens with zero attached hydrogens (tertiary/aromatic N) is 2. The summed E-state index contributed by atoms with van der Waals surface area (Å²) in [6.45, 7) is 5.07. The molecule has 1 aromatic rings. The predicted octanol–water partition coefficient (Wildman–Crippen LogP) is 0.718. The lowest BCUT2D eigenvalue weighted by atomic mass is 10.3. The number of nitrogens with one attached hydrogen (secondary N) is 2. The van der Waals surface area contributed by atoms with Crippen LogP contribution in [-0.2, 0) is 6.54 Å². The van der Waals surface area contributed by atoms with E-state index < -0.39 is 0 Å². The van der Waals surface area contributed by atoms with Gasteiger partial charge < -0.3 is 0 Å². The lowest BCUT2D eigenvalue weighted by molar-refractivity contribution is 0.233. The Bertz CT molecular complexity index is 398. The predicted molar refractivity (Wildman–Crippen MR) is 60.5 cm³/mol. The second-order valence-electron chi connectivity index (χ2n) is 4.06. The zero-order valence-corrected chi connectivity index (χ0v) is 9.64. The monoisotopic (exact) mass is 228 g/mol. The normalized spacial score (nSPS) is 19.5. The molecule has 0 bridgehead atoms. The number of hydrogen-bond donors (Lipinski definition) is 2. The first kappa shape index (κ1) is 10.6. The van der Waals surface area contributed by atoms with Crippen LogP contribution in [0.1, 0.15) is 19.8 Å². The third-order valence-electron chi connectivity index (χ3n) is 2.98. The molecule has 0 spiro atoms. The van der Waals surface area contributed by atoms with Crippen LogP contribution < -0.4 is 5.69 Å². The molecular weight excluding hydrogens is 212 g/mol. The van der Waals surface area contributed by atoms with Crippen molar-refractivity contribution in [3.63, 3.8) is 0 Å². The van der Waals surface area contributed by atoms with Gasteiger partial charge in [0.05, 0.1) is 0 Å². The molecule has 2 heterocycles. The average Bonchev–Trinajstić information content (AvgIpc) is 2.82. The van der Waals surface area contributed by atoms with E-state index in [9.17, 15) is 4.79 Å². The first-order chi connectivity index (χ1) is 7.18. The van der Waals surface area contributed by atoms with Gasteiger partial charge in [0, 0.05) is 12.6 Å². The van der Waals surface area contributed by atoms with E-state index in [-0.39, 0.29) is 5.69 Å². The van der Waals surface area contributed by atoms with Crippen LogP contribution in [0.5, 0.6) is 0 Å². The fourth-order valence-corrected chi connectivity index (χ4v) is 2.27. The van der Waals surface area contributed by atoms with Crippen molar-refractivity contribution in [2.24, 2.45) is 0 Å². The van der Waals surface area contributed by atoms with Gasteiger partial charge in [0.2, 0.25) is 0 Å². The van der Waals surface area contributed by atoms with Gasteiger partial charge in [-0.25, -0.2) is 9.89 Å². The molecule has 6 heteroatoms. The minimum Gasteiger partial charge on any atom is -0.299 e. The van der Waals surface area contributed by atoms with Crippen LogP contribution in [0.2, 0.25) is 0 Å². The van der Waals surface area contributed by atoms with Gasteiger partial charge in [-0.05, 0) is 45.1 Å². The zero-order valence-electron chi connectivity index (χ0n) is 8.82. The van der Waals surface area contributed by atoms with E-state index >= 15 is 0 Å². The SMILES string of the molecule is CC(Cn1c(=O)[nH][nH]c1=S)N1CCCC1. The van der Waals surface area contributed by atoms with Gasteiger partial charge in [-0.3, -0.25) is 14.6 Å². The fourth-order valence-electron chi connectivity index (χ4n) is 2.06. The summed E-state index contributed by atoms with van der Waals surface area (Å²) in [7, 11) is 0. The summed E-state index contributed by atoms with van der Waals surface area (Å²) in [6.07, 6.45) is 2.53. The Balaban J connectivity index is 2.08. The third kappa shape index (κ3) is 2.21. The van der Waals surface area contributed by atoms with E-state index in [0.717, 1.165) is 13.1 Å². The standard InChI is InChI=1S/C9H16N4OS/c1-7(12-4-2-3-5-12)6-13-8(14)10-11-9(13)15/h7H,2-6H2,1H3,(H,10,14)(H,11,15). The molecule has 1 aliphatic heterocycles. The van der Waals surface area contributed by atoms with Gasteiger partial charge in [-0.15, -0.1) is 0 Å².